The number of hydrogen-bond acceptors (Lipinski definition) is 13. The van der Waals surface area contributed by atoms with Gasteiger partial charge in [-0.1, -0.05) is 221 Å². The Balaban J connectivity index is 0.000000201. The number of thiocarbonyl (C=S) groups is 2. The molecule has 7 N–H and O–H groups in total. The van der Waals surface area contributed by atoms with E-state index in [0.29, 0.717) is 42.4 Å². The Labute approximate surface area is 598 Å². The molecule has 11 rings (SSSR count). The third-order valence-corrected chi connectivity index (χ3v) is 20.5. The molecule has 7 aromatic rings. The van der Waals surface area contributed by atoms with Crippen molar-refractivity contribution >= 4 is 81.6 Å². The quantitative estimate of drug-likeness (QED) is 0.0168. The number of fused-ring (bicyclic) bond motifs is 3. The minimum absolute atomic E-state index is 0. The number of benzene rings is 7. The molecule has 7 aromatic carbocycles. The number of aliphatic carboxylic acids is 2. The van der Waals surface area contributed by atoms with Gasteiger partial charge in [0.2, 0.25) is 5.91 Å². The molecule has 1 saturated heterocycles. The number of carboxylic acids is 2. The number of methoxy groups -OCH3 is 3. The molecule has 1 heterocycles. The van der Waals surface area contributed by atoms with E-state index >= 15 is 0 Å². The average Bonchev–Trinajstić information content (AvgIpc) is 1.61. The molecule has 100 heavy (non-hydrogen) atoms. The van der Waals surface area contributed by atoms with Gasteiger partial charge in [0.25, 0.3) is 5.91 Å². The van der Waals surface area contributed by atoms with E-state index in [1.807, 2.05) is 176 Å². The molecular formula is C80H94N6O12S2. The number of anilines is 2. The largest absolute Gasteiger partial charge is 0.480 e. The summed E-state index contributed by atoms with van der Waals surface area (Å²) in [6, 6.07) is 56.4. The van der Waals surface area contributed by atoms with Crippen LogP contribution >= 0.6 is 24.4 Å². The number of alkyl carbamates (subject to hydrolysis) is 1. The van der Waals surface area contributed by atoms with Crippen molar-refractivity contribution in [1.29, 1.82) is 0 Å². The molecule has 3 amide bonds. The summed E-state index contributed by atoms with van der Waals surface area (Å²) in [5.41, 5.74) is 15.7. The molecule has 0 bridgehead atoms. The van der Waals surface area contributed by atoms with Crippen molar-refractivity contribution in [3.05, 3.63) is 227 Å². The van der Waals surface area contributed by atoms with Crippen molar-refractivity contribution in [2.75, 3.05) is 51.8 Å². The Kier molecular flexibility index (Phi) is 28.0. The van der Waals surface area contributed by atoms with Gasteiger partial charge in [0.15, 0.2) is 0 Å². The van der Waals surface area contributed by atoms with Gasteiger partial charge in [-0.15, -0.1) is 0 Å². The molecule has 0 radical (unpaired) electrons. The molecule has 18 nitrogen and oxygen atoms in total. The summed E-state index contributed by atoms with van der Waals surface area (Å²) in [6.45, 7) is 2.90. The molecule has 2 saturated carbocycles. The summed E-state index contributed by atoms with van der Waals surface area (Å²) < 4.78 is 21.0. The van der Waals surface area contributed by atoms with Crippen LogP contribution in [0.25, 0.3) is 11.1 Å². The van der Waals surface area contributed by atoms with E-state index in [2.05, 4.69) is 28.1 Å². The summed E-state index contributed by atoms with van der Waals surface area (Å²) in [5.74, 6) is -2.79. The third kappa shape index (κ3) is 19.3. The van der Waals surface area contributed by atoms with Gasteiger partial charge in [-0.2, -0.15) is 0 Å². The first kappa shape index (κ1) is 76.4. The zero-order valence-electron chi connectivity index (χ0n) is 56.6. The Morgan fingerprint density at radius 1 is 0.560 bits per heavy atom. The Morgan fingerprint density at radius 2 is 0.980 bits per heavy atom. The fourth-order valence-corrected chi connectivity index (χ4v) is 15.0. The van der Waals surface area contributed by atoms with Gasteiger partial charge in [0.05, 0.1) is 17.1 Å². The van der Waals surface area contributed by atoms with Gasteiger partial charge < -0.3 is 55.7 Å². The second kappa shape index (κ2) is 36.7. The van der Waals surface area contributed by atoms with E-state index in [1.165, 1.54) is 14.0 Å². The van der Waals surface area contributed by atoms with Gasteiger partial charge >= 0.3 is 24.0 Å². The highest BCUT2D eigenvalue weighted by molar-refractivity contribution is 7.80. The van der Waals surface area contributed by atoms with Crippen molar-refractivity contribution in [3.63, 3.8) is 0 Å². The van der Waals surface area contributed by atoms with Crippen LogP contribution in [0.15, 0.2) is 188 Å². The third-order valence-electron chi connectivity index (χ3n) is 19.4. The fourth-order valence-electron chi connectivity index (χ4n) is 14.1. The van der Waals surface area contributed by atoms with E-state index in [1.54, 1.807) is 24.0 Å². The normalized spacial score (nSPS) is 17.0. The first-order chi connectivity index (χ1) is 47.9. The monoisotopic (exact) mass is 1390 g/mol. The fraction of sp³-hybridized carbons (Fsp3) is 0.375. The van der Waals surface area contributed by atoms with E-state index in [4.69, 9.17) is 49.1 Å². The van der Waals surface area contributed by atoms with Crippen LogP contribution in [0, 0.1) is 10.8 Å². The SMILES string of the molecule is C.COCCC1(C(=S)NC(Cc2ccc(N)cc2)C(=O)OC)CCCC1.COCCC1(C(=S)NC(Cc2ccc(N3C(=O)[C@@H](Cc4ccccc4)N(C(C)=O)C3c3ccccc3)cc2)C(=O)O)CCCC1.O=C(NC(Cc1ccccc1)C(=O)O)OCC1c2ccccc2-c2ccccc21. The van der Waals surface area contributed by atoms with Gasteiger partial charge in [-0.3, -0.25) is 14.5 Å². The molecule has 1 aliphatic heterocycles. The van der Waals surface area contributed by atoms with Crippen LogP contribution in [0.2, 0.25) is 0 Å². The van der Waals surface area contributed by atoms with Crippen LogP contribution in [0.4, 0.5) is 16.2 Å². The lowest BCUT2D eigenvalue weighted by atomic mass is 9.82. The Hall–Kier alpha value is -9.34. The Morgan fingerprint density at radius 3 is 1.45 bits per heavy atom. The van der Waals surface area contributed by atoms with E-state index in [0.717, 1.165) is 119 Å². The number of carbonyl (C=O) groups excluding carboxylic acids is 4. The van der Waals surface area contributed by atoms with E-state index < -0.39 is 48.4 Å². The molecule has 4 aliphatic rings. The average molecular weight is 1400 g/mol. The maximum atomic E-state index is 14.1. The molecule has 0 spiro atoms. The van der Waals surface area contributed by atoms with Crippen LogP contribution in [-0.2, 0) is 68.6 Å². The van der Waals surface area contributed by atoms with Gasteiger partial charge in [0.1, 0.15) is 36.9 Å². The summed E-state index contributed by atoms with van der Waals surface area (Å²) in [6.07, 6.45) is 10.0. The lowest BCUT2D eigenvalue weighted by Crippen LogP contribution is -2.48. The van der Waals surface area contributed by atoms with Crippen LogP contribution in [0.1, 0.15) is 130 Å². The van der Waals surface area contributed by atoms with Crippen molar-refractivity contribution in [1.82, 2.24) is 20.9 Å². The standard InChI is InChI=1S/C36H41N3O5S.C24H21NO4.C19H28N2O3S.CH4/c1-25(40)38-31(24-26-11-5-3-6-12-26)33(41)39(32(38)28-13-7-4-8-14-28)29-17-15-27(16-18-29)23-30(34(42)43)37-35(45)36(21-22-44-2)19-9-10-20-36;26-23(27)22(14-16-8-2-1-3-9-16)25-24(28)29-15-21-19-12-6-4-10-17(19)18-11-5-7-13-20(18)21;1-23-12-11-19(9-3-4-10-19)18(25)21-16(17(22)24-2)13-14-5-7-15(20)8-6-14;/h3-8,11-18,30-32H,9-10,19-24H2,1-2H3,(H,37,45)(H,42,43);1-13,21-22H,14-15H2,(H,25,28)(H,26,27);5-8,16H,3-4,9-13,20H2,1-2H3,(H,21,25);1H4/t30?,31-,32?;;;/m1.../s1. The predicted octanol–water partition coefficient (Wildman–Crippen LogP) is 13.4. The van der Waals surface area contributed by atoms with Crippen molar-refractivity contribution in [2.45, 2.75) is 140 Å². The zero-order valence-corrected chi connectivity index (χ0v) is 58.3. The van der Waals surface area contributed by atoms with Crippen molar-refractivity contribution in [2.24, 2.45) is 10.8 Å². The molecule has 5 atom stereocenters. The van der Waals surface area contributed by atoms with Crippen molar-refractivity contribution in [3.8, 4) is 11.1 Å². The first-order valence-electron chi connectivity index (χ1n) is 33.8. The molecule has 528 valence electrons. The van der Waals surface area contributed by atoms with Gasteiger partial charge in [-0.05, 0) is 113 Å². The number of nitrogens with two attached hydrogens (primary N) is 1. The highest BCUT2D eigenvalue weighted by Gasteiger charge is 2.49. The van der Waals surface area contributed by atoms with Gasteiger partial charge in [-0.25, -0.2) is 19.2 Å². The summed E-state index contributed by atoms with van der Waals surface area (Å²) in [5, 5.41) is 28.5. The number of nitrogens with one attached hydrogen (secondary N) is 3. The van der Waals surface area contributed by atoms with Crippen LogP contribution in [-0.4, -0.2) is 126 Å². The summed E-state index contributed by atoms with van der Waals surface area (Å²) >= 11 is 11.5. The van der Waals surface area contributed by atoms with Crippen LogP contribution in [0.3, 0.4) is 0 Å². The minimum atomic E-state index is -1.10. The number of ether oxygens (including phenoxy) is 4. The van der Waals surface area contributed by atoms with E-state index in [9.17, 15) is 39.0 Å². The number of nitrogens with zero attached hydrogens (tertiary/aromatic N) is 2. The molecule has 3 fully saturated rings. The van der Waals surface area contributed by atoms with Crippen LogP contribution < -0.4 is 26.6 Å². The number of esters is 1. The maximum absolute atomic E-state index is 14.1. The second-order valence-corrected chi connectivity index (χ2v) is 26.7. The first-order valence-corrected chi connectivity index (χ1v) is 34.6. The molecule has 3 aliphatic carbocycles. The molecule has 0 aromatic heterocycles. The lowest BCUT2D eigenvalue weighted by molar-refractivity contribution is -0.143. The lowest BCUT2D eigenvalue weighted by Gasteiger charge is -2.32. The van der Waals surface area contributed by atoms with E-state index in [-0.39, 0.29) is 61.4 Å². The molecule has 4 unspecified atom stereocenters. The number of hydrogen-bond donors (Lipinski definition) is 6. The summed E-state index contributed by atoms with van der Waals surface area (Å²) in [7, 11) is 4.78. The van der Waals surface area contributed by atoms with Crippen LogP contribution in [0.5, 0.6) is 0 Å². The number of carboxylic acid groups (broad SMARTS) is 2. The van der Waals surface area contributed by atoms with Gasteiger partial charge in [0, 0.05) is 88.2 Å². The Bertz CT molecular complexity index is 3830. The smallest absolute Gasteiger partial charge is 0.407 e. The maximum Gasteiger partial charge on any atom is 0.407 e. The number of nitrogen functional groups attached to an aromatic ring is 1. The summed E-state index contributed by atoms with van der Waals surface area (Å²) in [4.78, 5) is 80.5. The second-order valence-electron chi connectivity index (χ2n) is 25.9. The molecular weight excluding hydrogens is 1300 g/mol. The number of amides is 3. The topological polar surface area (TPSA) is 248 Å². The number of carbonyl (C=O) groups is 6. The highest BCUT2D eigenvalue weighted by Crippen LogP contribution is 2.46. The number of rotatable bonds is 26. The molecule has 20 heteroatoms. The minimum Gasteiger partial charge on any atom is -0.480 e. The zero-order chi connectivity index (χ0) is 70.5. The highest BCUT2D eigenvalue weighted by atomic mass is 32.1. The van der Waals surface area contributed by atoms with Crippen molar-refractivity contribution < 1.29 is 57.9 Å². The predicted molar refractivity (Wildman–Crippen MR) is 398 cm³/mol.